The lowest BCUT2D eigenvalue weighted by atomic mass is 10.0. The summed E-state index contributed by atoms with van der Waals surface area (Å²) in [6, 6.07) is 4.55. The Balaban J connectivity index is 1.83. The molecule has 0 spiro atoms. The van der Waals surface area contributed by atoms with E-state index in [1.165, 1.54) is 16.4 Å². The van der Waals surface area contributed by atoms with Gasteiger partial charge < -0.3 is 9.64 Å². The van der Waals surface area contributed by atoms with Crippen molar-refractivity contribution >= 4 is 27.5 Å². The molecule has 2 heterocycles. The minimum absolute atomic E-state index is 0.0240. The molecule has 0 saturated carbocycles. The van der Waals surface area contributed by atoms with Crippen molar-refractivity contribution in [1.29, 1.82) is 0 Å². The van der Waals surface area contributed by atoms with Gasteiger partial charge in [-0.25, -0.2) is 8.42 Å². The molecule has 1 unspecified atom stereocenters. The highest BCUT2D eigenvalue weighted by Crippen LogP contribution is 2.29. The van der Waals surface area contributed by atoms with Crippen LogP contribution in [0.3, 0.4) is 0 Å². The summed E-state index contributed by atoms with van der Waals surface area (Å²) in [4.78, 5) is 14.6. The van der Waals surface area contributed by atoms with Gasteiger partial charge in [0.05, 0.1) is 11.1 Å². The van der Waals surface area contributed by atoms with Crippen molar-refractivity contribution in [3.05, 3.63) is 28.8 Å². The van der Waals surface area contributed by atoms with E-state index in [9.17, 15) is 13.2 Å². The number of piperidine rings is 2. The van der Waals surface area contributed by atoms with E-state index in [4.69, 9.17) is 16.3 Å². The van der Waals surface area contributed by atoms with Gasteiger partial charge in [0.15, 0.2) is 0 Å². The fourth-order valence-corrected chi connectivity index (χ4v) is 5.91. The van der Waals surface area contributed by atoms with Crippen LogP contribution in [0.1, 0.15) is 43.0 Å². The fourth-order valence-electron chi connectivity index (χ4n) is 3.81. The number of ether oxygens (including phenoxy) is 1. The van der Waals surface area contributed by atoms with Crippen LogP contribution in [0.15, 0.2) is 23.1 Å². The van der Waals surface area contributed by atoms with E-state index in [1.807, 2.05) is 6.92 Å². The van der Waals surface area contributed by atoms with E-state index in [2.05, 4.69) is 0 Å². The van der Waals surface area contributed by atoms with Gasteiger partial charge >= 0.3 is 0 Å². The highest BCUT2D eigenvalue weighted by Gasteiger charge is 2.31. The Bertz CT molecular complexity index is 791. The van der Waals surface area contributed by atoms with Crippen molar-refractivity contribution in [2.24, 2.45) is 5.92 Å². The highest BCUT2D eigenvalue weighted by atomic mass is 35.5. The van der Waals surface area contributed by atoms with E-state index in [0.717, 1.165) is 25.7 Å². The number of likely N-dealkylation sites (tertiary alicyclic amines) is 1. The molecule has 8 heteroatoms. The predicted molar refractivity (Wildman–Crippen MR) is 105 cm³/mol. The lowest BCUT2D eigenvalue weighted by Crippen LogP contribution is -2.41. The molecule has 0 aromatic heterocycles. The van der Waals surface area contributed by atoms with Crippen LogP contribution in [0, 0.1) is 5.92 Å². The maximum absolute atomic E-state index is 13.1. The Labute approximate surface area is 166 Å². The van der Waals surface area contributed by atoms with Gasteiger partial charge in [-0.2, -0.15) is 4.31 Å². The zero-order valence-electron chi connectivity index (χ0n) is 15.9. The molecule has 27 heavy (non-hydrogen) atoms. The van der Waals surface area contributed by atoms with Crippen LogP contribution >= 0.6 is 11.6 Å². The van der Waals surface area contributed by atoms with Crippen LogP contribution in [-0.4, -0.2) is 62.9 Å². The first kappa shape index (κ1) is 20.6. The minimum Gasteiger partial charge on any atom is -0.381 e. The van der Waals surface area contributed by atoms with Crippen LogP contribution in [0.5, 0.6) is 0 Å². The molecule has 3 rings (SSSR count). The largest absolute Gasteiger partial charge is 0.381 e. The van der Waals surface area contributed by atoms with Gasteiger partial charge in [-0.3, -0.25) is 4.79 Å². The van der Waals surface area contributed by atoms with Crippen LogP contribution in [0.2, 0.25) is 5.02 Å². The number of nitrogens with zero attached hydrogens (tertiary/aromatic N) is 2. The second-order valence-electron chi connectivity index (χ2n) is 7.48. The number of rotatable bonds is 4. The maximum Gasteiger partial charge on any atom is 0.253 e. The van der Waals surface area contributed by atoms with Crippen molar-refractivity contribution in [2.45, 2.75) is 43.6 Å². The van der Waals surface area contributed by atoms with Crippen LogP contribution in [0.25, 0.3) is 0 Å². The molecule has 1 aromatic carbocycles. The molecule has 2 aliphatic rings. The van der Waals surface area contributed by atoms with Crippen LogP contribution in [0.4, 0.5) is 0 Å². The summed E-state index contributed by atoms with van der Waals surface area (Å²) >= 11 is 6.22. The lowest BCUT2D eigenvalue weighted by Gasteiger charge is -2.32. The number of hydrogen-bond acceptors (Lipinski definition) is 4. The van der Waals surface area contributed by atoms with Crippen molar-refractivity contribution < 1.29 is 17.9 Å². The van der Waals surface area contributed by atoms with E-state index in [0.29, 0.717) is 37.7 Å². The molecule has 6 nitrogen and oxygen atoms in total. The van der Waals surface area contributed by atoms with E-state index in [-0.39, 0.29) is 21.9 Å². The first-order valence-electron chi connectivity index (χ1n) is 9.44. The molecule has 0 aliphatic carbocycles. The molecule has 150 valence electrons. The number of methoxy groups -OCH3 is 1. The fraction of sp³-hybridized carbons (Fsp3) is 0.632. The average molecular weight is 415 g/mol. The van der Waals surface area contributed by atoms with Crippen molar-refractivity contribution in [3.63, 3.8) is 0 Å². The van der Waals surface area contributed by atoms with Gasteiger partial charge in [-0.1, -0.05) is 18.5 Å². The molecule has 1 amide bonds. The SMILES string of the molecule is COC1CCN(C(=O)c2ccc(Cl)c(S(=O)(=O)N3CCCC(C)C3)c2)CC1. The highest BCUT2D eigenvalue weighted by molar-refractivity contribution is 7.89. The van der Waals surface area contributed by atoms with Crippen molar-refractivity contribution in [3.8, 4) is 0 Å². The van der Waals surface area contributed by atoms with Crippen molar-refractivity contribution in [1.82, 2.24) is 9.21 Å². The quantitative estimate of drug-likeness (QED) is 0.759. The Morgan fingerprint density at radius 1 is 1.19 bits per heavy atom. The third kappa shape index (κ3) is 4.47. The monoisotopic (exact) mass is 414 g/mol. The third-order valence-corrected chi connectivity index (χ3v) is 7.82. The summed E-state index contributed by atoms with van der Waals surface area (Å²) in [6.45, 7) is 4.23. The summed E-state index contributed by atoms with van der Waals surface area (Å²) in [5, 5.41) is 0.155. The molecule has 1 atom stereocenters. The summed E-state index contributed by atoms with van der Waals surface area (Å²) in [7, 11) is -2.03. The van der Waals surface area contributed by atoms with Gasteiger partial charge in [-0.15, -0.1) is 0 Å². The number of carbonyl (C=O) groups is 1. The molecule has 2 saturated heterocycles. The molecule has 2 fully saturated rings. The third-order valence-electron chi connectivity index (χ3n) is 5.48. The zero-order valence-corrected chi connectivity index (χ0v) is 17.4. The number of carbonyl (C=O) groups excluding carboxylic acids is 1. The molecule has 0 radical (unpaired) electrons. The molecular weight excluding hydrogens is 388 g/mol. The van der Waals surface area contributed by atoms with Gasteiger partial charge in [-0.05, 0) is 49.8 Å². The maximum atomic E-state index is 13.1. The predicted octanol–water partition coefficient (Wildman–Crippen LogP) is 3.01. The summed E-state index contributed by atoms with van der Waals surface area (Å²) < 4.78 is 33.0. The summed E-state index contributed by atoms with van der Waals surface area (Å²) in [5.74, 6) is 0.156. The number of hydrogen-bond donors (Lipinski definition) is 0. The first-order valence-corrected chi connectivity index (χ1v) is 11.3. The Kier molecular flexibility index (Phi) is 6.46. The zero-order chi connectivity index (χ0) is 19.6. The normalized spacial score (nSPS) is 22.8. The number of amides is 1. The van der Waals surface area contributed by atoms with Crippen LogP contribution in [-0.2, 0) is 14.8 Å². The number of benzene rings is 1. The minimum atomic E-state index is -3.71. The van der Waals surface area contributed by atoms with Gasteiger partial charge in [0.2, 0.25) is 10.0 Å². The van der Waals surface area contributed by atoms with Crippen molar-refractivity contribution in [2.75, 3.05) is 33.3 Å². The average Bonchev–Trinajstić information content (AvgIpc) is 2.67. The standard InChI is InChI=1S/C19H27ClN2O4S/c1-14-4-3-9-22(13-14)27(24,25)18-12-15(5-6-17(18)20)19(23)21-10-7-16(26-2)8-11-21/h5-6,12,14,16H,3-4,7-11,13H2,1-2H3. The molecule has 0 N–H and O–H groups in total. The van der Waals surface area contributed by atoms with Gasteiger partial charge in [0.25, 0.3) is 5.91 Å². The van der Waals surface area contributed by atoms with Crippen LogP contribution < -0.4 is 0 Å². The van der Waals surface area contributed by atoms with Gasteiger partial charge in [0, 0.05) is 38.9 Å². The Hall–Kier alpha value is -1.15. The number of sulfonamides is 1. The second kappa shape index (κ2) is 8.47. The number of halogens is 1. The first-order chi connectivity index (χ1) is 12.8. The Morgan fingerprint density at radius 3 is 2.52 bits per heavy atom. The topological polar surface area (TPSA) is 66.9 Å². The molecular formula is C19H27ClN2O4S. The smallest absolute Gasteiger partial charge is 0.253 e. The summed E-state index contributed by atoms with van der Waals surface area (Å²) in [5.41, 5.74) is 0.360. The van der Waals surface area contributed by atoms with Gasteiger partial charge in [0.1, 0.15) is 4.90 Å². The van der Waals surface area contributed by atoms with E-state index in [1.54, 1.807) is 18.1 Å². The van der Waals surface area contributed by atoms with E-state index >= 15 is 0 Å². The molecule has 1 aromatic rings. The lowest BCUT2D eigenvalue weighted by molar-refractivity contribution is 0.0350. The Morgan fingerprint density at radius 2 is 1.89 bits per heavy atom. The molecule has 0 bridgehead atoms. The summed E-state index contributed by atoms with van der Waals surface area (Å²) in [6.07, 6.45) is 3.61. The second-order valence-corrected chi connectivity index (χ2v) is 9.80. The van der Waals surface area contributed by atoms with E-state index < -0.39 is 10.0 Å². The molecule has 2 aliphatic heterocycles.